The molecule has 3 aromatic carbocycles. The van der Waals surface area contributed by atoms with Crippen molar-refractivity contribution in [3.8, 4) is 11.1 Å². The van der Waals surface area contributed by atoms with E-state index in [0.717, 1.165) is 10.9 Å². The van der Waals surface area contributed by atoms with Gasteiger partial charge >= 0.3 is 14.2 Å². The van der Waals surface area contributed by atoms with Crippen LogP contribution in [0.4, 0.5) is 0 Å². The predicted octanol–water partition coefficient (Wildman–Crippen LogP) is 5.74. The maximum Gasteiger partial charge on any atom is 0.495 e. The topological polar surface area (TPSA) is 36.9 Å². The quantitative estimate of drug-likeness (QED) is 0.424. The second-order valence-corrected chi connectivity index (χ2v) is 13.5. The first-order valence-electron chi connectivity index (χ1n) is 13.5. The van der Waals surface area contributed by atoms with Crippen molar-refractivity contribution in [2.24, 2.45) is 0 Å². The minimum absolute atomic E-state index is 0.202. The Morgan fingerprint density at radius 3 is 1.62 bits per heavy atom. The van der Waals surface area contributed by atoms with E-state index in [1.54, 1.807) is 0 Å². The van der Waals surface area contributed by atoms with Gasteiger partial charge in [0.2, 0.25) is 0 Å². The molecule has 37 heavy (non-hydrogen) atoms. The van der Waals surface area contributed by atoms with Gasteiger partial charge in [-0.1, -0.05) is 62.4 Å². The molecular formula is C31H38B2O4. The molecule has 4 nitrogen and oxygen atoms in total. The van der Waals surface area contributed by atoms with Crippen LogP contribution in [0.3, 0.4) is 0 Å². The van der Waals surface area contributed by atoms with Gasteiger partial charge in [0.25, 0.3) is 0 Å². The first-order valence-corrected chi connectivity index (χ1v) is 13.5. The van der Waals surface area contributed by atoms with Crippen LogP contribution in [0, 0.1) is 0 Å². The van der Waals surface area contributed by atoms with E-state index in [9.17, 15) is 0 Å². The highest BCUT2D eigenvalue weighted by molar-refractivity contribution is 6.65. The normalized spacial score (nSPS) is 23.9. The Morgan fingerprint density at radius 2 is 1.05 bits per heavy atom. The summed E-state index contributed by atoms with van der Waals surface area (Å²) in [6.45, 7) is 21.5. The van der Waals surface area contributed by atoms with Gasteiger partial charge in [0, 0.05) is 5.41 Å². The van der Waals surface area contributed by atoms with E-state index in [0.29, 0.717) is 0 Å². The van der Waals surface area contributed by atoms with Crippen molar-refractivity contribution in [1.82, 2.24) is 0 Å². The second-order valence-electron chi connectivity index (χ2n) is 13.5. The maximum absolute atomic E-state index is 6.53. The monoisotopic (exact) mass is 496 g/mol. The Kier molecular flexibility index (Phi) is 5.11. The summed E-state index contributed by atoms with van der Waals surface area (Å²) in [6, 6.07) is 17.7. The van der Waals surface area contributed by atoms with Crippen LogP contribution in [-0.2, 0) is 24.0 Å². The molecule has 0 radical (unpaired) electrons. The Labute approximate surface area is 222 Å². The highest BCUT2D eigenvalue weighted by atomic mass is 16.7. The Bertz CT molecular complexity index is 1400. The van der Waals surface area contributed by atoms with Gasteiger partial charge in [-0.25, -0.2) is 0 Å². The Hall–Kier alpha value is -2.11. The molecule has 0 unspecified atom stereocenters. The molecule has 2 fully saturated rings. The molecule has 0 bridgehead atoms. The first kappa shape index (κ1) is 25.2. The van der Waals surface area contributed by atoms with Crippen molar-refractivity contribution in [3.63, 3.8) is 0 Å². The SMILES string of the molecule is CC1(C)c2cc(B3OC(C)(C)C(C)(C)O3)ccc2-c2c1cc(B1OC(C)(C)C(C)(C)O1)c1ccccc21. The van der Waals surface area contributed by atoms with Crippen LogP contribution in [0.25, 0.3) is 21.9 Å². The molecule has 6 rings (SSSR count). The lowest BCUT2D eigenvalue weighted by Gasteiger charge is -2.32. The van der Waals surface area contributed by atoms with Crippen molar-refractivity contribution >= 4 is 35.9 Å². The summed E-state index contributed by atoms with van der Waals surface area (Å²) in [5.74, 6) is 0. The lowest BCUT2D eigenvalue weighted by Crippen LogP contribution is -2.41. The number of rotatable bonds is 2. The molecule has 0 amide bonds. The van der Waals surface area contributed by atoms with Gasteiger partial charge in [-0.3, -0.25) is 0 Å². The van der Waals surface area contributed by atoms with E-state index >= 15 is 0 Å². The van der Waals surface area contributed by atoms with Crippen LogP contribution < -0.4 is 10.9 Å². The largest absolute Gasteiger partial charge is 0.495 e. The number of hydrogen-bond donors (Lipinski definition) is 0. The molecule has 0 atom stereocenters. The summed E-state index contributed by atoms with van der Waals surface area (Å²) in [4.78, 5) is 0. The van der Waals surface area contributed by atoms with E-state index in [1.807, 2.05) is 0 Å². The number of fused-ring (bicyclic) bond motifs is 5. The van der Waals surface area contributed by atoms with Crippen LogP contribution in [0.5, 0.6) is 0 Å². The molecule has 3 aliphatic rings. The van der Waals surface area contributed by atoms with E-state index in [1.165, 1.54) is 33.0 Å². The van der Waals surface area contributed by atoms with Gasteiger partial charge < -0.3 is 18.6 Å². The van der Waals surface area contributed by atoms with Gasteiger partial charge in [-0.05, 0) is 99.3 Å². The van der Waals surface area contributed by atoms with E-state index < -0.39 is 18.3 Å². The molecule has 0 aromatic heterocycles. The van der Waals surface area contributed by atoms with Crippen molar-refractivity contribution in [2.45, 2.75) is 97.1 Å². The molecule has 0 saturated carbocycles. The molecule has 0 N–H and O–H groups in total. The van der Waals surface area contributed by atoms with Crippen molar-refractivity contribution in [2.75, 3.05) is 0 Å². The highest BCUT2D eigenvalue weighted by Crippen LogP contribution is 2.51. The number of benzene rings is 3. The summed E-state index contributed by atoms with van der Waals surface area (Å²) in [7, 11) is -0.799. The molecule has 6 heteroatoms. The maximum atomic E-state index is 6.53. The van der Waals surface area contributed by atoms with Gasteiger partial charge in [0.1, 0.15) is 0 Å². The summed E-state index contributed by atoms with van der Waals surface area (Å²) < 4.78 is 25.9. The van der Waals surface area contributed by atoms with Crippen LogP contribution in [0.2, 0.25) is 0 Å². The van der Waals surface area contributed by atoms with E-state index in [4.69, 9.17) is 18.6 Å². The molecular weight excluding hydrogens is 458 g/mol. The van der Waals surface area contributed by atoms with Gasteiger partial charge in [-0.15, -0.1) is 0 Å². The average Bonchev–Trinajstić information content (AvgIpc) is 3.27. The summed E-state index contributed by atoms with van der Waals surface area (Å²) in [5, 5.41) is 2.42. The first-order chi connectivity index (χ1) is 17.1. The zero-order valence-electron chi connectivity index (χ0n) is 23.9. The molecule has 1 aliphatic carbocycles. The van der Waals surface area contributed by atoms with Crippen LogP contribution in [0.1, 0.15) is 80.4 Å². The molecule has 2 saturated heterocycles. The smallest absolute Gasteiger partial charge is 0.399 e. The third kappa shape index (κ3) is 3.45. The molecule has 192 valence electrons. The van der Waals surface area contributed by atoms with E-state index in [-0.39, 0.29) is 23.7 Å². The summed E-state index contributed by atoms with van der Waals surface area (Å²) >= 11 is 0. The van der Waals surface area contributed by atoms with Crippen molar-refractivity contribution in [3.05, 3.63) is 59.7 Å². The average molecular weight is 496 g/mol. The lowest BCUT2D eigenvalue weighted by atomic mass is 9.71. The number of hydrogen-bond acceptors (Lipinski definition) is 4. The van der Waals surface area contributed by atoms with Crippen LogP contribution >= 0.6 is 0 Å². The lowest BCUT2D eigenvalue weighted by molar-refractivity contribution is 0.00578. The van der Waals surface area contributed by atoms with Crippen molar-refractivity contribution < 1.29 is 18.6 Å². The van der Waals surface area contributed by atoms with Crippen LogP contribution in [-0.4, -0.2) is 36.6 Å². The van der Waals surface area contributed by atoms with Gasteiger partial charge in [-0.2, -0.15) is 0 Å². The molecule has 2 aliphatic heterocycles. The van der Waals surface area contributed by atoms with Crippen LogP contribution in [0.15, 0.2) is 48.5 Å². The zero-order valence-corrected chi connectivity index (χ0v) is 23.9. The van der Waals surface area contributed by atoms with Crippen molar-refractivity contribution in [1.29, 1.82) is 0 Å². The predicted molar refractivity (Wildman–Crippen MR) is 153 cm³/mol. The minimum atomic E-state index is -0.417. The zero-order chi connectivity index (χ0) is 26.8. The third-order valence-corrected chi connectivity index (χ3v) is 9.77. The fourth-order valence-corrected chi connectivity index (χ4v) is 5.92. The fourth-order valence-electron chi connectivity index (χ4n) is 5.92. The van der Waals surface area contributed by atoms with E-state index in [2.05, 4.69) is 118 Å². The van der Waals surface area contributed by atoms with Gasteiger partial charge in [0.15, 0.2) is 0 Å². The highest BCUT2D eigenvalue weighted by Gasteiger charge is 2.54. The molecule has 3 aromatic rings. The third-order valence-electron chi connectivity index (χ3n) is 9.77. The Morgan fingerprint density at radius 1 is 0.541 bits per heavy atom. The Balaban J connectivity index is 1.50. The molecule has 2 heterocycles. The standard InChI is InChI=1S/C31H38B2O4/c1-27(2)23-17-19(32-34-28(3,4)29(5,6)35-32)15-16-22(23)26-21-14-12-11-13-20(21)25(18-24(26)27)33-36-30(7,8)31(9,10)37-33/h11-18H,1-10H3. The second kappa shape index (κ2) is 7.51. The summed E-state index contributed by atoms with van der Waals surface area (Å²) in [6.07, 6.45) is 0. The van der Waals surface area contributed by atoms with Gasteiger partial charge in [0.05, 0.1) is 22.4 Å². The summed E-state index contributed by atoms with van der Waals surface area (Å²) in [5.41, 5.74) is 5.60. The fraction of sp³-hybridized carbons (Fsp3) is 0.484. The minimum Gasteiger partial charge on any atom is -0.399 e. The molecule has 0 spiro atoms.